The highest BCUT2D eigenvalue weighted by atomic mass is 16.4. The van der Waals surface area contributed by atoms with Crippen molar-refractivity contribution in [2.75, 3.05) is 0 Å². The smallest absolute Gasteiger partial charge is 0.326 e. The van der Waals surface area contributed by atoms with E-state index in [0.717, 1.165) is 16.8 Å². The first kappa shape index (κ1) is 16.2. The third-order valence-electron chi connectivity index (χ3n) is 4.50. The highest BCUT2D eigenvalue weighted by molar-refractivity contribution is 5.95. The quantitative estimate of drug-likeness (QED) is 0.938. The molecule has 1 aromatic heterocycles. The predicted octanol–water partition coefficient (Wildman–Crippen LogP) is 2.20. The summed E-state index contributed by atoms with van der Waals surface area (Å²) in [4.78, 5) is 26.1. The minimum absolute atomic E-state index is 0.204. The van der Waals surface area contributed by atoms with Gasteiger partial charge in [0.1, 0.15) is 11.7 Å². The summed E-state index contributed by atoms with van der Waals surface area (Å²) in [6, 6.07) is 8.57. The molecule has 1 atom stereocenters. The average Bonchev–Trinajstić information content (AvgIpc) is 2.95. The van der Waals surface area contributed by atoms with Crippen LogP contribution < -0.4 is 0 Å². The standard InChI is InChI=1S/C18H21N3O3/c1-11(2)14-9-15(20(3)19-14)17(22)21-10-13-7-5-4-6-12(13)8-16(21)18(23)24/h4-7,9,11,16H,8,10H2,1-3H3,(H,23,24)/t16-/m1/s1. The van der Waals surface area contributed by atoms with Gasteiger partial charge in [0, 0.05) is 20.0 Å². The zero-order chi connectivity index (χ0) is 17.4. The fraction of sp³-hybridized carbons (Fsp3) is 0.389. The number of aryl methyl sites for hydroxylation is 1. The number of benzene rings is 1. The molecule has 0 aliphatic carbocycles. The van der Waals surface area contributed by atoms with Crippen LogP contribution in [0.15, 0.2) is 30.3 Å². The lowest BCUT2D eigenvalue weighted by Crippen LogP contribution is -2.49. The van der Waals surface area contributed by atoms with Crippen molar-refractivity contribution in [3.05, 3.63) is 52.8 Å². The number of aromatic nitrogens is 2. The van der Waals surface area contributed by atoms with E-state index in [9.17, 15) is 14.7 Å². The number of fused-ring (bicyclic) bond motifs is 1. The molecule has 1 aromatic carbocycles. The summed E-state index contributed by atoms with van der Waals surface area (Å²) in [6.45, 7) is 4.32. The van der Waals surface area contributed by atoms with Crippen LogP contribution >= 0.6 is 0 Å². The van der Waals surface area contributed by atoms with Crippen LogP contribution in [0.2, 0.25) is 0 Å². The van der Waals surface area contributed by atoms with Crippen LogP contribution in [0.25, 0.3) is 0 Å². The number of nitrogens with zero attached hydrogens (tertiary/aromatic N) is 3. The van der Waals surface area contributed by atoms with E-state index in [4.69, 9.17) is 0 Å². The predicted molar refractivity (Wildman–Crippen MR) is 88.7 cm³/mol. The van der Waals surface area contributed by atoms with Gasteiger partial charge in [0.05, 0.1) is 5.69 Å². The van der Waals surface area contributed by atoms with Gasteiger partial charge < -0.3 is 10.0 Å². The number of hydrogen-bond donors (Lipinski definition) is 1. The molecule has 0 fully saturated rings. The number of aliphatic carboxylic acids is 1. The molecule has 0 saturated carbocycles. The van der Waals surface area contributed by atoms with E-state index in [-0.39, 0.29) is 11.8 Å². The van der Waals surface area contributed by atoms with Crippen molar-refractivity contribution < 1.29 is 14.7 Å². The lowest BCUT2D eigenvalue weighted by Gasteiger charge is -2.34. The zero-order valence-corrected chi connectivity index (χ0v) is 14.1. The second kappa shape index (κ2) is 6.11. The summed E-state index contributed by atoms with van der Waals surface area (Å²) in [5.74, 6) is -1.07. The minimum atomic E-state index is -0.982. The second-order valence-corrected chi connectivity index (χ2v) is 6.49. The molecule has 6 nitrogen and oxygen atoms in total. The third kappa shape index (κ3) is 2.79. The molecule has 0 spiro atoms. The van der Waals surface area contributed by atoms with Crippen molar-refractivity contribution in [3.8, 4) is 0 Å². The van der Waals surface area contributed by atoms with Crippen LogP contribution in [0.3, 0.4) is 0 Å². The second-order valence-electron chi connectivity index (χ2n) is 6.49. The maximum atomic E-state index is 13.0. The van der Waals surface area contributed by atoms with Crippen LogP contribution in [0.1, 0.15) is 47.1 Å². The van der Waals surface area contributed by atoms with Crippen LogP contribution in [0, 0.1) is 0 Å². The monoisotopic (exact) mass is 327 g/mol. The molecule has 126 valence electrons. The Bertz CT molecular complexity index is 795. The van der Waals surface area contributed by atoms with Crippen molar-refractivity contribution in [1.82, 2.24) is 14.7 Å². The van der Waals surface area contributed by atoms with Crippen molar-refractivity contribution >= 4 is 11.9 Å². The van der Waals surface area contributed by atoms with Gasteiger partial charge in [-0.1, -0.05) is 38.1 Å². The van der Waals surface area contributed by atoms with E-state index in [0.29, 0.717) is 18.7 Å². The number of carbonyl (C=O) groups is 2. The van der Waals surface area contributed by atoms with Gasteiger partial charge in [-0.25, -0.2) is 4.79 Å². The third-order valence-corrected chi connectivity index (χ3v) is 4.50. The number of hydrogen-bond acceptors (Lipinski definition) is 3. The number of rotatable bonds is 3. The number of carboxylic acid groups (broad SMARTS) is 1. The van der Waals surface area contributed by atoms with Gasteiger partial charge >= 0.3 is 5.97 Å². The van der Waals surface area contributed by atoms with Crippen LogP contribution in [0.4, 0.5) is 0 Å². The molecule has 1 aliphatic heterocycles. The van der Waals surface area contributed by atoms with Crippen LogP contribution in [0.5, 0.6) is 0 Å². The molecule has 0 saturated heterocycles. The first-order valence-electron chi connectivity index (χ1n) is 8.03. The molecule has 6 heteroatoms. The van der Waals surface area contributed by atoms with E-state index in [2.05, 4.69) is 5.10 Å². The Morgan fingerprint density at radius 3 is 2.50 bits per heavy atom. The SMILES string of the molecule is CC(C)c1cc(C(=O)N2Cc3ccccc3C[C@@H]2C(=O)O)n(C)n1. The van der Waals surface area contributed by atoms with E-state index in [1.165, 1.54) is 9.58 Å². The molecule has 1 aliphatic rings. The fourth-order valence-corrected chi connectivity index (χ4v) is 3.08. The summed E-state index contributed by atoms with van der Waals surface area (Å²) in [5.41, 5.74) is 3.23. The van der Waals surface area contributed by atoms with E-state index in [1.807, 2.05) is 38.1 Å². The van der Waals surface area contributed by atoms with E-state index in [1.54, 1.807) is 13.1 Å². The largest absolute Gasteiger partial charge is 0.480 e. The van der Waals surface area contributed by atoms with Gasteiger partial charge in [0.15, 0.2) is 0 Å². The molecule has 0 unspecified atom stereocenters. The molecule has 0 radical (unpaired) electrons. The number of carboxylic acids is 1. The highest BCUT2D eigenvalue weighted by Crippen LogP contribution is 2.26. The normalized spacial score (nSPS) is 17.0. The Balaban J connectivity index is 1.97. The topological polar surface area (TPSA) is 75.4 Å². The van der Waals surface area contributed by atoms with Gasteiger partial charge in [-0.05, 0) is 23.1 Å². The Morgan fingerprint density at radius 2 is 1.92 bits per heavy atom. The lowest BCUT2D eigenvalue weighted by atomic mass is 9.93. The molecular weight excluding hydrogens is 306 g/mol. The highest BCUT2D eigenvalue weighted by Gasteiger charge is 2.36. The van der Waals surface area contributed by atoms with Gasteiger partial charge in [-0.15, -0.1) is 0 Å². The van der Waals surface area contributed by atoms with Crippen LogP contribution in [-0.2, 0) is 24.8 Å². The van der Waals surface area contributed by atoms with Crippen molar-refractivity contribution in [3.63, 3.8) is 0 Å². The first-order chi connectivity index (χ1) is 11.4. The van der Waals surface area contributed by atoms with Crippen molar-refractivity contribution in [2.45, 2.75) is 38.8 Å². The fourth-order valence-electron chi connectivity index (χ4n) is 3.08. The molecule has 0 bridgehead atoms. The van der Waals surface area contributed by atoms with E-state index >= 15 is 0 Å². The molecule has 2 aromatic rings. The molecule has 24 heavy (non-hydrogen) atoms. The van der Waals surface area contributed by atoms with Gasteiger partial charge in [-0.2, -0.15) is 5.10 Å². The summed E-state index contributed by atoms with van der Waals surface area (Å²) in [6.07, 6.45) is 0.326. The van der Waals surface area contributed by atoms with Gasteiger partial charge in [0.25, 0.3) is 5.91 Å². The number of carbonyl (C=O) groups excluding carboxylic acids is 1. The van der Waals surface area contributed by atoms with Crippen molar-refractivity contribution in [2.24, 2.45) is 7.05 Å². The summed E-state index contributed by atoms with van der Waals surface area (Å²) >= 11 is 0. The Kier molecular flexibility index (Phi) is 4.13. The molecule has 2 heterocycles. The van der Waals surface area contributed by atoms with E-state index < -0.39 is 12.0 Å². The zero-order valence-electron chi connectivity index (χ0n) is 14.1. The summed E-state index contributed by atoms with van der Waals surface area (Å²) in [5, 5.41) is 13.9. The maximum Gasteiger partial charge on any atom is 0.326 e. The maximum absolute atomic E-state index is 13.0. The van der Waals surface area contributed by atoms with Crippen molar-refractivity contribution in [1.29, 1.82) is 0 Å². The summed E-state index contributed by atoms with van der Waals surface area (Å²) < 4.78 is 1.54. The Morgan fingerprint density at radius 1 is 1.25 bits per heavy atom. The molecular formula is C18H21N3O3. The average molecular weight is 327 g/mol. The Labute approximate surface area is 140 Å². The first-order valence-corrected chi connectivity index (χ1v) is 8.03. The van der Waals surface area contributed by atoms with Crippen LogP contribution in [-0.4, -0.2) is 37.7 Å². The van der Waals surface area contributed by atoms with Gasteiger partial charge in [-0.3, -0.25) is 9.48 Å². The Hall–Kier alpha value is -2.63. The molecule has 3 rings (SSSR count). The van der Waals surface area contributed by atoms with Gasteiger partial charge in [0.2, 0.25) is 0 Å². The lowest BCUT2D eigenvalue weighted by molar-refractivity contribution is -0.142. The minimum Gasteiger partial charge on any atom is -0.480 e. The summed E-state index contributed by atoms with van der Waals surface area (Å²) in [7, 11) is 1.72. The molecule has 1 amide bonds. The number of amides is 1. The molecule has 1 N–H and O–H groups in total.